The number of ether oxygens (including phenoxy) is 1. The third kappa shape index (κ3) is 1.56. The van der Waals surface area contributed by atoms with Crippen LogP contribution >= 0.6 is 0 Å². The Bertz CT molecular complexity index is 125. The van der Waals surface area contributed by atoms with Crippen molar-refractivity contribution in [1.82, 2.24) is 0 Å². The summed E-state index contributed by atoms with van der Waals surface area (Å²) in [6, 6.07) is 0. The fourth-order valence-electron chi connectivity index (χ4n) is 0.909. The van der Waals surface area contributed by atoms with E-state index in [1.165, 1.54) is 7.11 Å². The van der Waals surface area contributed by atoms with E-state index in [1.54, 1.807) is 0 Å². The summed E-state index contributed by atoms with van der Waals surface area (Å²) in [6.07, 6.45) is 1.65. The fourth-order valence-corrected chi connectivity index (χ4v) is 0.909. The van der Waals surface area contributed by atoms with Gasteiger partial charge >= 0.3 is 0 Å². The van der Waals surface area contributed by atoms with Gasteiger partial charge in [-0.3, -0.25) is 0 Å². The van der Waals surface area contributed by atoms with E-state index in [4.69, 9.17) is 9.99 Å². The van der Waals surface area contributed by atoms with Gasteiger partial charge in [-0.2, -0.15) is 0 Å². The zero-order valence-corrected chi connectivity index (χ0v) is 6.04. The largest absolute Gasteiger partial charge is 0.350 e. The van der Waals surface area contributed by atoms with Crippen molar-refractivity contribution in [2.75, 3.05) is 7.11 Å². The first-order valence-electron chi connectivity index (χ1n) is 3.31. The minimum atomic E-state index is -0.632. The van der Waals surface area contributed by atoms with Crippen molar-refractivity contribution in [3.63, 3.8) is 0 Å². The molecule has 1 aliphatic rings. The van der Waals surface area contributed by atoms with E-state index in [0.717, 1.165) is 18.4 Å². The quantitative estimate of drug-likeness (QED) is 0.280. The minimum absolute atomic E-state index is 0.497. The molecular weight excluding hydrogens is 132 g/mol. The normalized spacial score (nSPS) is 20.6. The number of hydrogen-bond donors (Lipinski definition) is 1. The van der Waals surface area contributed by atoms with Crippen LogP contribution in [0.3, 0.4) is 0 Å². The van der Waals surface area contributed by atoms with Crippen molar-refractivity contribution >= 4 is 0 Å². The van der Waals surface area contributed by atoms with Gasteiger partial charge in [0.15, 0.2) is 0 Å². The Labute approximate surface area is 60.2 Å². The van der Waals surface area contributed by atoms with Gasteiger partial charge in [-0.25, -0.2) is 10.1 Å². The van der Waals surface area contributed by atoms with Crippen molar-refractivity contribution < 1.29 is 14.9 Å². The lowest BCUT2D eigenvalue weighted by Gasteiger charge is -2.12. The van der Waals surface area contributed by atoms with Gasteiger partial charge in [0.05, 0.1) is 0 Å². The van der Waals surface area contributed by atoms with Gasteiger partial charge in [-0.1, -0.05) is 6.58 Å². The van der Waals surface area contributed by atoms with Crippen LogP contribution in [-0.2, 0) is 9.62 Å². The lowest BCUT2D eigenvalue weighted by molar-refractivity contribution is -0.328. The molecule has 0 spiro atoms. The average molecular weight is 144 g/mol. The van der Waals surface area contributed by atoms with Crippen LogP contribution < -0.4 is 0 Å². The summed E-state index contributed by atoms with van der Waals surface area (Å²) >= 11 is 0. The maximum absolute atomic E-state index is 8.29. The summed E-state index contributed by atoms with van der Waals surface area (Å²) in [7, 11) is 1.48. The molecule has 10 heavy (non-hydrogen) atoms. The Hall–Kier alpha value is -0.380. The molecule has 0 aromatic heterocycles. The standard InChI is InChI=1S/C7H12O3/c1-5(6-3-4-6)7(9-2)10-8/h6-8H,1,3-4H2,2H3. The van der Waals surface area contributed by atoms with Crippen LogP contribution in [0.2, 0.25) is 0 Å². The molecule has 1 N–H and O–H groups in total. The number of rotatable bonds is 4. The molecule has 3 heteroatoms. The molecule has 1 unspecified atom stereocenters. The molecule has 1 rings (SSSR count). The predicted octanol–water partition coefficient (Wildman–Crippen LogP) is 1.41. The molecule has 3 nitrogen and oxygen atoms in total. The van der Waals surface area contributed by atoms with Crippen LogP contribution in [0, 0.1) is 5.92 Å². The zero-order chi connectivity index (χ0) is 7.56. The summed E-state index contributed by atoms with van der Waals surface area (Å²) in [6.45, 7) is 3.75. The van der Waals surface area contributed by atoms with E-state index in [-0.39, 0.29) is 0 Å². The summed E-state index contributed by atoms with van der Waals surface area (Å²) in [5.41, 5.74) is 0.838. The summed E-state index contributed by atoms with van der Waals surface area (Å²) < 4.78 is 4.79. The SMILES string of the molecule is C=C(C1CC1)C(OC)OO. The molecule has 0 bridgehead atoms. The molecule has 0 aromatic carbocycles. The molecule has 1 saturated carbocycles. The molecule has 1 aliphatic carbocycles. The van der Waals surface area contributed by atoms with Gasteiger partial charge in [-0.15, -0.1) is 0 Å². The zero-order valence-electron chi connectivity index (χ0n) is 6.04. The third-order valence-corrected chi connectivity index (χ3v) is 1.71. The highest BCUT2D eigenvalue weighted by Gasteiger charge is 2.30. The molecule has 0 aromatic rings. The Morgan fingerprint density at radius 3 is 2.60 bits per heavy atom. The number of hydrogen-bond acceptors (Lipinski definition) is 3. The predicted molar refractivity (Wildman–Crippen MR) is 36.4 cm³/mol. The highest BCUT2D eigenvalue weighted by molar-refractivity contribution is 5.10. The molecule has 0 aliphatic heterocycles. The Morgan fingerprint density at radius 2 is 2.30 bits per heavy atom. The molecule has 0 heterocycles. The average Bonchev–Trinajstić information content (AvgIpc) is 2.71. The molecule has 0 radical (unpaired) electrons. The van der Waals surface area contributed by atoms with E-state index in [2.05, 4.69) is 11.5 Å². The minimum Gasteiger partial charge on any atom is -0.350 e. The highest BCUT2D eigenvalue weighted by Crippen LogP contribution is 2.37. The van der Waals surface area contributed by atoms with Crippen LogP contribution in [0.25, 0.3) is 0 Å². The van der Waals surface area contributed by atoms with Crippen LogP contribution in [0.1, 0.15) is 12.8 Å². The first-order valence-corrected chi connectivity index (χ1v) is 3.31. The first-order chi connectivity index (χ1) is 4.79. The van der Waals surface area contributed by atoms with Crippen molar-refractivity contribution in [2.24, 2.45) is 5.92 Å². The Kier molecular flexibility index (Phi) is 2.43. The second kappa shape index (κ2) is 3.14. The van der Waals surface area contributed by atoms with Gasteiger partial charge in [0.25, 0.3) is 0 Å². The molecular formula is C7H12O3. The van der Waals surface area contributed by atoms with Crippen molar-refractivity contribution in [3.05, 3.63) is 12.2 Å². The van der Waals surface area contributed by atoms with Crippen molar-refractivity contribution in [2.45, 2.75) is 19.1 Å². The lowest BCUT2D eigenvalue weighted by atomic mass is 10.2. The maximum Gasteiger partial charge on any atom is 0.212 e. The van der Waals surface area contributed by atoms with E-state index in [1.807, 2.05) is 0 Å². The second-order valence-corrected chi connectivity index (χ2v) is 2.52. The van der Waals surface area contributed by atoms with E-state index < -0.39 is 6.29 Å². The van der Waals surface area contributed by atoms with Crippen LogP contribution in [-0.4, -0.2) is 18.7 Å². The summed E-state index contributed by atoms with van der Waals surface area (Å²) in [5, 5.41) is 8.29. The number of methoxy groups -OCH3 is 1. The van der Waals surface area contributed by atoms with Crippen LogP contribution in [0.4, 0.5) is 0 Å². The monoisotopic (exact) mass is 144 g/mol. The van der Waals surface area contributed by atoms with Gasteiger partial charge in [0.1, 0.15) is 0 Å². The van der Waals surface area contributed by atoms with Crippen molar-refractivity contribution in [1.29, 1.82) is 0 Å². The van der Waals surface area contributed by atoms with E-state index in [9.17, 15) is 0 Å². The van der Waals surface area contributed by atoms with Gasteiger partial charge in [0, 0.05) is 7.11 Å². The topological polar surface area (TPSA) is 38.7 Å². The summed E-state index contributed by atoms with van der Waals surface area (Å²) in [4.78, 5) is 4.04. The van der Waals surface area contributed by atoms with Crippen LogP contribution in [0.5, 0.6) is 0 Å². The molecule has 1 atom stereocenters. The van der Waals surface area contributed by atoms with E-state index in [0.29, 0.717) is 5.92 Å². The van der Waals surface area contributed by atoms with Gasteiger partial charge < -0.3 is 4.74 Å². The third-order valence-electron chi connectivity index (χ3n) is 1.71. The smallest absolute Gasteiger partial charge is 0.212 e. The highest BCUT2D eigenvalue weighted by atomic mass is 17.1. The molecule has 0 amide bonds. The molecule has 1 fully saturated rings. The lowest BCUT2D eigenvalue weighted by Crippen LogP contribution is -2.16. The maximum atomic E-state index is 8.29. The van der Waals surface area contributed by atoms with Crippen molar-refractivity contribution in [3.8, 4) is 0 Å². The summed E-state index contributed by atoms with van der Waals surface area (Å²) in [5.74, 6) is 0.497. The van der Waals surface area contributed by atoms with Gasteiger partial charge in [0.2, 0.25) is 6.29 Å². The molecule has 58 valence electrons. The first kappa shape index (κ1) is 7.72. The van der Waals surface area contributed by atoms with E-state index >= 15 is 0 Å². The van der Waals surface area contributed by atoms with Crippen LogP contribution in [0.15, 0.2) is 12.2 Å². The Balaban J connectivity index is 2.35. The fraction of sp³-hybridized carbons (Fsp3) is 0.714. The second-order valence-electron chi connectivity index (χ2n) is 2.52. The Morgan fingerprint density at radius 1 is 1.70 bits per heavy atom. The molecule has 0 saturated heterocycles. The van der Waals surface area contributed by atoms with Gasteiger partial charge in [-0.05, 0) is 24.3 Å².